The summed E-state index contributed by atoms with van der Waals surface area (Å²) < 4.78 is 0.920. The summed E-state index contributed by atoms with van der Waals surface area (Å²) in [4.78, 5) is 23.0. The van der Waals surface area contributed by atoms with Crippen LogP contribution in [0.4, 0.5) is 4.79 Å². The molecule has 0 unspecified atom stereocenters. The van der Waals surface area contributed by atoms with Gasteiger partial charge in [0.1, 0.15) is 0 Å². The molecule has 0 radical (unpaired) electrons. The van der Waals surface area contributed by atoms with Gasteiger partial charge in [-0.25, -0.2) is 9.86 Å². The van der Waals surface area contributed by atoms with E-state index < -0.39 is 6.03 Å². The van der Waals surface area contributed by atoms with Crippen LogP contribution in [0.5, 0.6) is 0 Å². The van der Waals surface area contributed by atoms with Crippen molar-refractivity contribution in [2.75, 3.05) is 13.1 Å². The van der Waals surface area contributed by atoms with Gasteiger partial charge in [0, 0.05) is 21.7 Å². The number of primary amides is 1. The number of carbonyl (C=O) groups is 2. The molecule has 1 heterocycles. The van der Waals surface area contributed by atoms with E-state index in [4.69, 9.17) is 22.5 Å². The lowest BCUT2D eigenvalue weighted by atomic mass is 10.2. The minimum Gasteiger partial charge on any atom is -0.350 e. The van der Waals surface area contributed by atoms with Gasteiger partial charge in [0.15, 0.2) is 0 Å². The number of rotatable bonds is 4. The first-order chi connectivity index (χ1) is 9.49. The second kappa shape index (κ2) is 6.08. The standard InChI is InChI=1S/C12H12ClN3O3S/c13-8-2-1-3-9-7(8)6-10(20-9)11(17)15-4-5-16(19)12(14)18/h1-3,6,19H,4-5H2,(H2,14,18)(H,15,17). The molecule has 0 aliphatic heterocycles. The summed E-state index contributed by atoms with van der Waals surface area (Å²) >= 11 is 7.36. The van der Waals surface area contributed by atoms with Crippen LogP contribution in [-0.4, -0.2) is 35.3 Å². The van der Waals surface area contributed by atoms with Gasteiger partial charge in [-0.1, -0.05) is 17.7 Å². The number of nitrogens with zero attached hydrogens (tertiary/aromatic N) is 1. The molecule has 0 saturated carbocycles. The van der Waals surface area contributed by atoms with Crippen LogP contribution < -0.4 is 11.1 Å². The van der Waals surface area contributed by atoms with Crippen LogP contribution in [0.3, 0.4) is 0 Å². The molecule has 2 rings (SSSR count). The first kappa shape index (κ1) is 14.6. The van der Waals surface area contributed by atoms with Gasteiger partial charge >= 0.3 is 6.03 Å². The second-order valence-corrected chi connectivity index (χ2v) is 5.47. The summed E-state index contributed by atoms with van der Waals surface area (Å²) in [5.74, 6) is -0.292. The zero-order chi connectivity index (χ0) is 14.7. The Morgan fingerprint density at radius 1 is 1.45 bits per heavy atom. The highest BCUT2D eigenvalue weighted by molar-refractivity contribution is 7.20. The van der Waals surface area contributed by atoms with Crippen molar-refractivity contribution >= 4 is 45.0 Å². The molecule has 0 bridgehead atoms. The Balaban J connectivity index is 2.01. The number of thiophene rings is 1. The van der Waals surface area contributed by atoms with Crippen molar-refractivity contribution in [3.63, 3.8) is 0 Å². The normalized spacial score (nSPS) is 10.5. The molecule has 0 spiro atoms. The van der Waals surface area contributed by atoms with Crippen molar-refractivity contribution in [1.82, 2.24) is 10.4 Å². The predicted molar refractivity (Wildman–Crippen MR) is 77.2 cm³/mol. The smallest absolute Gasteiger partial charge is 0.338 e. The average molecular weight is 314 g/mol. The zero-order valence-electron chi connectivity index (χ0n) is 10.3. The maximum absolute atomic E-state index is 11.9. The molecule has 1 aromatic carbocycles. The van der Waals surface area contributed by atoms with Gasteiger partial charge in [0.25, 0.3) is 5.91 Å². The molecule has 0 saturated heterocycles. The first-order valence-electron chi connectivity index (χ1n) is 5.71. The minimum atomic E-state index is -0.965. The van der Waals surface area contributed by atoms with Crippen molar-refractivity contribution in [3.05, 3.63) is 34.2 Å². The molecule has 0 aliphatic carbocycles. The minimum absolute atomic E-state index is 0.0767. The molecule has 1 aromatic heterocycles. The van der Waals surface area contributed by atoms with Gasteiger partial charge < -0.3 is 11.1 Å². The number of fused-ring (bicyclic) bond motifs is 1. The molecule has 6 nitrogen and oxygen atoms in total. The lowest BCUT2D eigenvalue weighted by Crippen LogP contribution is -2.39. The Kier molecular flexibility index (Phi) is 4.43. The van der Waals surface area contributed by atoms with E-state index in [9.17, 15) is 9.59 Å². The summed E-state index contributed by atoms with van der Waals surface area (Å²) in [6.07, 6.45) is 0. The third kappa shape index (κ3) is 3.19. The van der Waals surface area contributed by atoms with Gasteiger partial charge in [-0.3, -0.25) is 10.0 Å². The zero-order valence-corrected chi connectivity index (χ0v) is 11.9. The fraction of sp³-hybridized carbons (Fsp3) is 0.167. The third-order valence-electron chi connectivity index (χ3n) is 2.60. The van der Waals surface area contributed by atoms with E-state index in [1.165, 1.54) is 11.3 Å². The number of halogens is 1. The summed E-state index contributed by atoms with van der Waals surface area (Å²) in [7, 11) is 0. The molecule has 2 aromatic rings. The van der Waals surface area contributed by atoms with Crippen molar-refractivity contribution in [2.45, 2.75) is 0 Å². The number of nitrogens with two attached hydrogens (primary N) is 1. The summed E-state index contributed by atoms with van der Waals surface area (Å²) in [6, 6.07) is 6.20. The maximum Gasteiger partial charge on any atom is 0.338 e. The van der Waals surface area contributed by atoms with Crippen LogP contribution >= 0.6 is 22.9 Å². The number of benzene rings is 1. The Hall–Kier alpha value is -1.83. The van der Waals surface area contributed by atoms with Crippen molar-refractivity contribution in [3.8, 4) is 0 Å². The molecule has 4 N–H and O–H groups in total. The number of urea groups is 1. The molecule has 0 fully saturated rings. The fourth-order valence-corrected chi connectivity index (χ4v) is 2.90. The SMILES string of the molecule is NC(=O)N(O)CCNC(=O)c1cc2c(Cl)cccc2s1. The first-order valence-corrected chi connectivity index (χ1v) is 6.90. The van der Waals surface area contributed by atoms with Crippen LogP contribution in [0.25, 0.3) is 10.1 Å². The van der Waals surface area contributed by atoms with E-state index in [2.05, 4.69) is 5.32 Å². The number of carbonyl (C=O) groups excluding carboxylic acids is 2. The number of hydrogen-bond acceptors (Lipinski definition) is 4. The number of nitrogens with one attached hydrogen (secondary N) is 1. The lowest BCUT2D eigenvalue weighted by Gasteiger charge is -2.11. The van der Waals surface area contributed by atoms with Gasteiger partial charge in [-0.2, -0.15) is 0 Å². The quantitative estimate of drug-likeness (QED) is 0.595. The monoisotopic (exact) mass is 313 g/mol. The molecule has 0 aliphatic rings. The van der Waals surface area contributed by atoms with Crippen LogP contribution in [0, 0.1) is 0 Å². The van der Waals surface area contributed by atoms with Gasteiger partial charge in [0.05, 0.1) is 11.4 Å². The van der Waals surface area contributed by atoms with Crippen molar-refractivity contribution < 1.29 is 14.8 Å². The Labute approximate surface area is 123 Å². The Morgan fingerprint density at radius 2 is 2.20 bits per heavy atom. The largest absolute Gasteiger partial charge is 0.350 e. The highest BCUT2D eigenvalue weighted by atomic mass is 35.5. The molecule has 106 valence electrons. The molecular weight excluding hydrogens is 302 g/mol. The van der Waals surface area contributed by atoms with Crippen LogP contribution in [0.1, 0.15) is 9.67 Å². The predicted octanol–water partition coefficient (Wildman–Crippen LogP) is 2.05. The average Bonchev–Trinajstić information content (AvgIpc) is 2.84. The van der Waals surface area contributed by atoms with Gasteiger partial charge in [0.2, 0.25) is 0 Å². The maximum atomic E-state index is 11.9. The molecule has 3 amide bonds. The van der Waals surface area contributed by atoms with E-state index in [0.29, 0.717) is 15.0 Å². The van der Waals surface area contributed by atoms with Crippen LogP contribution in [0.15, 0.2) is 24.3 Å². The number of hydrogen-bond donors (Lipinski definition) is 3. The van der Waals surface area contributed by atoms with E-state index in [0.717, 1.165) is 10.1 Å². The Bertz CT molecular complexity index is 658. The third-order valence-corrected chi connectivity index (χ3v) is 4.02. The summed E-state index contributed by atoms with van der Waals surface area (Å²) in [6.45, 7) is 0.0208. The highest BCUT2D eigenvalue weighted by Gasteiger charge is 2.12. The summed E-state index contributed by atoms with van der Waals surface area (Å²) in [5.41, 5.74) is 4.84. The van der Waals surface area contributed by atoms with E-state index in [1.807, 2.05) is 12.1 Å². The fourth-order valence-electron chi connectivity index (χ4n) is 1.61. The van der Waals surface area contributed by atoms with Crippen molar-refractivity contribution in [2.24, 2.45) is 5.73 Å². The number of amides is 3. The van der Waals surface area contributed by atoms with Crippen LogP contribution in [-0.2, 0) is 0 Å². The second-order valence-electron chi connectivity index (χ2n) is 3.98. The van der Waals surface area contributed by atoms with E-state index >= 15 is 0 Å². The topological polar surface area (TPSA) is 95.7 Å². The lowest BCUT2D eigenvalue weighted by molar-refractivity contribution is -0.0376. The van der Waals surface area contributed by atoms with Crippen molar-refractivity contribution in [1.29, 1.82) is 0 Å². The van der Waals surface area contributed by atoms with E-state index in [-0.39, 0.29) is 19.0 Å². The van der Waals surface area contributed by atoms with Crippen LogP contribution in [0.2, 0.25) is 5.02 Å². The van der Waals surface area contributed by atoms with E-state index in [1.54, 1.807) is 12.1 Å². The Morgan fingerprint density at radius 3 is 2.85 bits per heavy atom. The summed E-state index contributed by atoms with van der Waals surface area (Å²) in [5, 5.41) is 13.4. The van der Waals surface area contributed by atoms with Gasteiger partial charge in [-0.05, 0) is 18.2 Å². The molecule has 0 atom stereocenters. The molecule has 20 heavy (non-hydrogen) atoms. The highest BCUT2D eigenvalue weighted by Crippen LogP contribution is 2.30. The molecule has 8 heteroatoms. The number of hydroxylamine groups is 2. The molecular formula is C12H12ClN3O3S. The van der Waals surface area contributed by atoms with Gasteiger partial charge in [-0.15, -0.1) is 11.3 Å².